The minimum atomic E-state index is -4.34. The van der Waals surface area contributed by atoms with Gasteiger partial charge in [-0.15, -0.1) is 0 Å². The molecule has 0 aliphatic heterocycles. The van der Waals surface area contributed by atoms with Crippen LogP contribution in [-0.2, 0) is 17.4 Å². The van der Waals surface area contributed by atoms with Crippen LogP contribution in [-0.4, -0.2) is 28.7 Å². The van der Waals surface area contributed by atoms with E-state index in [4.69, 9.17) is 0 Å². The van der Waals surface area contributed by atoms with Crippen molar-refractivity contribution >= 4 is 21.8 Å². The van der Waals surface area contributed by atoms with Crippen molar-refractivity contribution in [2.45, 2.75) is 32.5 Å². The number of hydrogen-bond donors (Lipinski definition) is 0. The number of carbonyl (C=O) groups is 1. The highest BCUT2D eigenvalue weighted by Crippen LogP contribution is 2.29. The maximum atomic E-state index is 12.4. The Hall–Kier alpha value is -1.04. The SMILES string of the molecule is CC(C)N(CCBr)C(=O)Cc1ccc(C(F)(F)F)cc1. The molecular weight excluding hydrogens is 335 g/mol. The molecule has 0 fully saturated rings. The molecule has 0 atom stereocenters. The molecule has 1 aromatic carbocycles. The van der Waals surface area contributed by atoms with E-state index < -0.39 is 11.7 Å². The van der Waals surface area contributed by atoms with Crippen molar-refractivity contribution in [2.75, 3.05) is 11.9 Å². The topological polar surface area (TPSA) is 20.3 Å². The first-order chi connectivity index (χ1) is 9.25. The fourth-order valence-corrected chi connectivity index (χ4v) is 2.23. The van der Waals surface area contributed by atoms with Crippen LogP contribution in [0.1, 0.15) is 25.0 Å². The van der Waals surface area contributed by atoms with Gasteiger partial charge in [0.1, 0.15) is 0 Å². The lowest BCUT2D eigenvalue weighted by atomic mass is 10.1. The van der Waals surface area contributed by atoms with E-state index in [2.05, 4.69) is 15.9 Å². The Morgan fingerprint density at radius 2 is 1.80 bits per heavy atom. The molecule has 0 aromatic heterocycles. The number of benzene rings is 1. The third-order valence-corrected chi connectivity index (χ3v) is 3.26. The van der Waals surface area contributed by atoms with Crippen molar-refractivity contribution in [3.63, 3.8) is 0 Å². The number of nitrogens with zero attached hydrogens (tertiary/aromatic N) is 1. The highest BCUT2D eigenvalue weighted by molar-refractivity contribution is 9.09. The van der Waals surface area contributed by atoms with Crippen LogP contribution in [0.25, 0.3) is 0 Å². The summed E-state index contributed by atoms with van der Waals surface area (Å²) in [6.07, 6.45) is -4.23. The van der Waals surface area contributed by atoms with Crippen LogP contribution in [0.15, 0.2) is 24.3 Å². The first kappa shape index (κ1) is 17.0. The standard InChI is InChI=1S/C14H17BrF3NO/c1-10(2)19(8-7-15)13(20)9-11-3-5-12(6-4-11)14(16,17)18/h3-6,10H,7-9H2,1-2H3. The molecule has 0 saturated carbocycles. The summed E-state index contributed by atoms with van der Waals surface area (Å²) < 4.78 is 37.3. The number of halogens is 4. The summed E-state index contributed by atoms with van der Waals surface area (Å²) >= 11 is 3.28. The number of hydrogen-bond acceptors (Lipinski definition) is 1. The molecule has 112 valence electrons. The molecule has 2 nitrogen and oxygen atoms in total. The van der Waals surface area contributed by atoms with Crippen LogP contribution in [0, 0.1) is 0 Å². The van der Waals surface area contributed by atoms with Gasteiger partial charge in [0.15, 0.2) is 0 Å². The van der Waals surface area contributed by atoms with E-state index >= 15 is 0 Å². The summed E-state index contributed by atoms with van der Waals surface area (Å²) in [5, 5.41) is 0.671. The van der Waals surface area contributed by atoms with Crippen LogP contribution >= 0.6 is 15.9 Å². The Bertz CT molecular complexity index is 443. The van der Waals surface area contributed by atoms with Crippen LogP contribution in [0.3, 0.4) is 0 Å². The molecule has 0 radical (unpaired) electrons. The van der Waals surface area contributed by atoms with Gasteiger partial charge in [-0.3, -0.25) is 4.79 Å². The maximum absolute atomic E-state index is 12.4. The van der Waals surface area contributed by atoms with Gasteiger partial charge in [0.25, 0.3) is 0 Å². The quantitative estimate of drug-likeness (QED) is 0.737. The third-order valence-electron chi connectivity index (χ3n) is 2.91. The van der Waals surface area contributed by atoms with Gasteiger partial charge in [0, 0.05) is 17.9 Å². The lowest BCUT2D eigenvalue weighted by molar-refractivity contribution is -0.137. The fourth-order valence-electron chi connectivity index (χ4n) is 1.85. The lowest BCUT2D eigenvalue weighted by Gasteiger charge is -2.26. The second kappa shape index (κ2) is 7.11. The predicted molar refractivity (Wildman–Crippen MR) is 75.8 cm³/mol. The number of alkyl halides is 4. The van der Waals surface area contributed by atoms with Gasteiger partial charge in [0.05, 0.1) is 12.0 Å². The van der Waals surface area contributed by atoms with E-state index in [0.717, 1.165) is 12.1 Å². The Morgan fingerprint density at radius 1 is 1.25 bits per heavy atom. The largest absolute Gasteiger partial charge is 0.416 e. The van der Waals surface area contributed by atoms with Crippen molar-refractivity contribution in [3.05, 3.63) is 35.4 Å². The molecule has 0 heterocycles. The van der Waals surface area contributed by atoms with E-state index in [-0.39, 0.29) is 18.4 Å². The van der Waals surface area contributed by atoms with E-state index in [0.29, 0.717) is 17.4 Å². The summed E-state index contributed by atoms with van der Waals surface area (Å²) in [5.74, 6) is -0.0841. The van der Waals surface area contributed by atoms with Crippen molar-refractivity contribution in [1.29, 1.82) is 0 Å². The van der Waals surface area contributed by atoms with Crippen molar-refractivity contribution < 1.29 is 18.0 Å². The van der Waals surface area contributed by atoms with Crippen molar-refractivity contribution in [3.8, 4) is 0 Å². The molecule has 0 unspecified atom stereocenters. The minimum absolute atomic E-state index is 0.0644. The summed E-state index contributed by atoms with van der Waals surface area (Å²) in [6.45, 7) is 4.40. The van der Waals surface area contributed by atoms with Gasteiger partial charge >= 0.3 is 6.18 Å². The molecule has 0 spiro atoms. The molecule has 0 aliphatic rings. The monoisotopic (exact) mass is 351 g/mol. The van der Waals surface area contributed by atoms with Crippen molar-refractivity contribution in [2.24, 2.45) is 0 Å². The molecule has 0 saturated heterocycles. The molecule has 1 aromatic rings. The fraction of sp³-hybridized carbons (Fsp3) is 0.500. The maximum Gasteiger partial charge on any atom is 0.416 e. The third kappa shape index (κ3) is 4.81. The second-order valence-corrected chi connectivity index (χ2v) is 5.53. The molecular formula is C14H17BrF3NO. The van der Waals surface area contributed by atoms with Gasteiger partial charge in [0.2, 0.25) is 5.91 Å². The Kier molecular flexibility index (Phi) is 6.05. The predicted octanol–water partition coefficient (Wildman–Crippen LogP) is 3.88. The summed E-state index contributed by atoms with van der Waals surface area (Å²) in [5.41, 5.74) is -0.113. The van der Waals surface area contributed by atoms with Gasteiger partial charge in [-0.25, -0.2) is 0 Å². The molecule has 0 aliphatic carbocycles. The van der Waals surface area contributed by atoms with E-state index in [1.165, 1.54) is 12.1 Å². The second-order valence-electron chi connectivity index (χ2n) is 4.74. The number of amides is 1. The molecule has 0 N–H and O–H groups in total. The summed E-state index contributed by atoms with van der Waals surface area (Å²) in [7, 11) is 0. The van der Waals surface area contributed by atoms with Gasteiger partial charge in [-0.1, -0.05) is 28.1 Å². The van der Waals surface area contributed by atoms with E-state index in [1.807, 2.05) is 13.8 Å². The van der Waals surface area contributed by atoms with Gasteiger partial charge < -0.3 is 4.90 Å². The van der Waals surface area contributed by atoms with Crippen LogP contribution < -0.4 is 0 Å². The van der Waals surface area contributed by atoms with E-state index in [1.54, 1.807) is 4.90 Å². The molecule has 1 amide bonds. The van der Waals surface area contributed by atoms with Crippen LogP contribution in [0.2, 0.25) is 0 Å². The first-order valence-electron chi connectivity index (χ1n) is 6.27. The molecule has 1 rings (SSSR count). The van der Waals surface area contributed by atoms with Crippen LogP contribution in [0.5, 0.6) is 0 Å². The Labute approximate surface area is 125 Å². The smallest absolute Gasteiger partial charge is 0.339 e. The Balaban J connectivity index is 2.75. The summed E-state index contributed by atoms with van der Waals surface area (Å²) in [4.78, 5) is 13.8. The summed E-state index contributed by atoms with van der Waals surface area (Å²) in [6, 6.07) is 4.79. The molecule has 6 heteroatoms. The zero-order valence-corrected chi connectivity index (χ0v) is 13.0. The highest BCUT2D eigenvalue weighted by atomic mass is 79.9. The average Bonchev–Trinajstić information content (AvgIpc) is 2.34. The van der Waals surface area contributed by atoms with Crippen molar-refractivity contribution in [1.82, 2.24) is 4.90 Å². The molecule has 20 heavy (non-hydrogen) atoms. The Morgan fingerprint density at radius 3 is 2.20 bits per heavy atom. The highest BCUT2D eigenvalue weighted by Gasteiger charge is 2.30. The normalized spacial score (nSPS) is 11.8. The number of rotatable bonds is 5. The zero-order chi connectivity index (χ0) is 15.3. The average molecular weight is 352 g/mol. The van der Waals surface area contributed by atoms with E-state index in [9.17, 15) is 18.0 Å². The van der Waals surface area contributed by atoms with Crippen LogP contribution in [0.4, 0.5) is 13.2 Å². The first-order valence-corrected chi connectivity index (χ1v) is 7.39. The lowest BCUT2D eigenvalue weighted by Crippen LogP contribution is -2.39. The minimum Gasteiger partial charge on any atom is -0.339 e. The van der Waals surface area contributed by atoms with Gasteiger partial charge in [-0.05, 0) is 31.5 Å². The zero-order valence-electron chi connectivity index (χ0n) is 11.4. The molecule has 0 bridgehead atoms. The van der Waals surface area contributed by atoms with Gasteiger partial charge in [-0.2, -0.15) is 13.2 Å². The number of carbonyl (C=O) groups excluding carboxylic acids is 1.